The van der Waals surface area contributed by atoms with Crippen LogP contribution in [0.1, 0.15) is 24.2 Å². The molecule has 5 heteroatoms. The molecule has 0 aliphatic heterocycles. The number of hydrogen-bond acceptors (Lipinski definition) is 4. The van der Waals surface area contributed by atoms with Gasteiger partial charge in [-0.15, -0.1) is 11.3 Å². The summed E-state index contributed by atoms with van der Waals surface area (Å²) >= 11 is 1.68. The lowest BCUT2D eigenvalue weighted by atomic mass is 10.3. The van der Waals surface area contributed by atoms with Crippen LogP contribution in [0, 0.1) is 0 Å². The summed E-state index contributed by atoms with van der Waals surface area (Å²) in [5.74, 6) is 1.10. The van der Waals surface area contributed by atoms with Crippen LogP contribution in [0.2, 0.25) is 0 Å². The molecule has 2 aromatic heterocycles. The molecule has 3 rings (SSSR count). The average Bonchev–Trinajstić information content (AvgIpc) is 3.08. The highest BCUT2D eigenvalue weighted by molar-refractivity contribution is 7.09. The second-order valence-corrected chi connectivity index (χ2v) is 5.68. The van der Waals surface area contributed by atoms with Crippen molar-refractivity contribution in [1.29, 1.82) is 0 Å². The van der Waals surface area contributed by atoms with Gasteiger partial charge in [0.1, 0.15) is 10.8 Å². The van der Waals surface area contributed by atoms with Crippen LogP contribution in [0.5, 0.6) is 0 Å². The Morgan fingerprint density at radius 1 is 1.25 bits per heavy atom. The summed E-state index contributed by atoms with van der Waals surface area (Å²) < 4.78 is 2.31. The van der Waals surface area contributed by atoms with Crippen molar-refractivity contribution in [3.05, 3.63) is 46.7 Å². The third-order valence-electron chi connectivity index (χ3n) is 3.22. The maximum atomic E-state index is 4.73. The van der Waals surface area contributed by atoms with Gasteiger partial charge in [-0.1, -0.05) is 19.1 Å². The number of nitrogens with one attached hydrogen (secondary N) is 1. The summed E-state index contributed by atoms with van der Waals surface area (Å²) in [6.45, 7) is 4.78. The Balaban J connectivity index is 1.77. The van der Waals surface area contributed by atoms with Gasteiger partial charge in [-0.25, -0.2) is 9.97 Å². The van der Waals surface area contributed by atoms with Crippen LogP contribution >= 0.6 is 11.3 Å². The molecule has 0 aliphatic rings. The standard InChI is InChI=1S/C15H18N4S/c1-2-8-19-13-6-4-3-5-12(13)18-14(19)10-16-11-15-17-7-9-20-15/h3-7,9,16H,2,8,10-11H2,1H3. The van der Waals surface area contributed by atoms with Crippen molar-refractivity contribution in [1.82, 2.24) is 19.9 Å². The number of para-hydroxylation sites is 2. The molecule has 20 heavy (non-hydrogen) atoms. The molecule has 3 aromatic rings. The summed E-state index contributed by atoms with van der Waals surface area (Å²) in [6, 6.07) is 8.33. The fraction of sp³-hybridized carbons (Fsp3) is 0.333. The zero-order valence-corrected chi connectivity index (χ0v) is 12.4. The van der Waals surface area contributed by atoms with Crippen LogP contribution in [0.3, 0.4) is 0 Å². The predicted molar refractivity (Wildman–Crippen MR) is 82.7 cm³/mol. The summed E-state index contributed by atoms with van der Waals surface area (Å²) in [5.41, 5.74) is 2.30. The molecule has 0 amide bonds. The van der Waals surface area contributed by atoms with E-state index < -0.39 is 0 Å². The molecule has 0 spiro atoms. The van der Waals surface area contributed by atoms with Crippen molar-refractivity contribution in [2.24, 2.45) is 0 Å². The molecule has 0 saturated heterocycles. The summed E-state index contributed by atoms with van der Waals surface area (Å²) in [4.78, 5) is 9.01. The molecule has 0 aliphatic carbocycles. The zero-order chi connectivity index (χ0) is 13.8. The number of thiazole rings is 1. The average molecular weight is 286 g/mol. The number of hydrogen-bond donors (Lipinski definition) is 1. The largest absolute Gasteiger partial charge is 0.327 e. The van der Waals surface area contributed by atoms with E-state index in [1.165, 1.54) is 5.52 Å². The number of aromatic nitrogens is 3. The summed E-state index contributed by atoms with van der Waals surface area (Å²) in [7, 11) is 0. The van der Waals surface area contributed by atoms with Crippen molar-refractivity contribution in [2.45, 2.75) is 33.0 Å². The molecule has 0 radical (unpaired) electrons. The number of fused-ring (bicyclic) bond motifs is 1. The Morgan fingerprint density at radius 3 is 2.95 bits per heavy atom. The highest BCUT2D eigenvalue weighted by atomic mass is 32.1. The van der Waals surface area contributed by atoms with Gasteiger partial charge in [0.15, 0.2) is 0 Å². The van der Waals surface area contributed by atoms with Crippen LogP contribution in [0.4, 0.5) is 0 Å². The van der Waals surface area contributed by atoms with Crippen LogP contribution in [0.15, 0.2) is 35.8 Å². The molecule has 0 atom stereocenters. The number of aryl methyl sites for hydroxylation is 1. The van der Waals surface area contributed by atoms with Gasteiger partial charge in [0.2, 0.25) is 0 Å². The van der Waals surface area contributed by atoms with Crippen molar-refractivity contribution in [2.75, 3.05) is 0 Å². The van der Waals surface area contributed by atoms with Gasteiger partial charge in [-0.3, -0.25) is 0 Å². The highest BCUT2D eigenvalue weighted by Crippen LogP contribution is 2.16. The van der Waals surface area contributed by atoms with Gasteiger partial charge in [-0.2, -0.15) is 0 Å². The number of imidazole rings is 1. The molecule has 1 aromatic carbocycles. The van der Waals surface area contributed by atoms with Crippen LogP contribution in [0.25, 0.3) is 11.0 Å². The van der Waals surface area contributed by atoms with E-state index in [0.717, 1.165) is 42.4 Å². The van der Waals surface area contributed by atoms with Gasteiger partial charge < -0.3 is 9.88 Å². The maximum Gasteiger partial charge on any atom is 0.123 e. The molecule has 2 heterocycles. The van der Waals surface area contributed by atoms with Gasteiger partial charge in [0.05, 0.1) is 17.6 Å². The van der Waals surface area contributed by atoms with Crippen LogP contribution in [-0.4, -0.2) is 14.5 Å². The lowest BCUT2D eigenvalue weighted by Crippen LogP contribution is -2.16. The Morgan fingerprint density at radius 2 is 2.15 bits per heavy atom. The topological polar surface area (TPSA) is 42.7 Å². The second-order valence-electron chi connectivity index (χ2n) is 4.70. The van der Waals surface area contributed by atoms with E-state index in [-0.39, 0.29) is 0 Å². The van der Waals surface area contributed by atoms with E-state index in [0.29, 0.717) is 0 Å². The third-order valence-corrected chi connectivity index (χ3v) is 4.00. The van der Waals surface area contributed by atoms with Gasteiger partial charge in [-0.05, 0) is 18.6 Å². The van der Waals surface area contributed by atoms with E-state index >= 15 is 0 Å². The summed E-state index contributed by atoms with van der Waals surface area (Å²) in [5, 5.41) is 6.55. The molecule has 0 bridgehead atoms. The first-order valence-corrected chi connectivity index (χ1v) is 7.79. The Bertz CT molecular complexity index is 672. The minimum absolute atomic E-state index is 0.772. The van der Waals surface area contributed by atoms with Gasteiger partial charge >= 0.3 is 0 Å². The van der Waals surface area contributed by atoms with Crippen LogP contribution < -0.4 is 5.32 Å². The molecule has 0 saturated carbocycles. The SMILES string of the molecule is CCCn1c(CNCc2nccs2)nc2ccccc21. The molecule has 1 N–H and O–H groups in total. The van der Waals surface area contributed by atoms with E-state index in [9.17, 15) is 0 Å². The molecular formula is C15H18N4S. The van der Waals surface area contributed by atoms with Gasteiger partial charge in [0, 0.05) is 24.7 Å². The zero-order valence-electron chi connectivity index (χ0n) is 11.5. The Kier molecular flexibility index (Phi) is 4.08. The fourth-order valence-electron chi connectivity index (χ4n) is 2.35. The fourth-order valence-corrected chi connectivity index (χ4v) is 2.94. The highest BCUT2D eigenvalue weighted by Gasteiger charge is 2.09. The van der Waals surface area contributed by atoms with E-state index in [1.54, 1.807) is 11.3 Å². The second kappa shape index (κ2) is 6.15. The quantitative estimate of drug-likeness (QED) is 0.756. The van der Waals surface area contributed by atoms with Crippen LogP contribution in [-0.2, 0) is 19.6 Å². The molecule has 104 valence electrons. The first kappa shape index (κ1) is 13.3. The van der Waals surface area contributed by atoms with Crippen molar-refractivity contribution < 1.29 is 0 Å². The smallest absolute Gasteiger partial charge is 0.123 e. The van der Waals surface area contributed by atoms with Crippen molar-refractivity contribution in [3.63, 3.8) is 0 Å². The molecule has 4 nitrogen and oxygen atoms in total. The van der Waals surface area contributed by atoms with E-state index in [1.807, 2.05) is 17.6 Å². The summed E-state index contributed by atoms with van der Waals surface area (Å²) in [6.07, 6.45) is 2.95. The predicted octanol–water partition coefficient (Wildman–Crippen LogP) is 3.19. The monoisotopic (exact) mass is 286 g/mol. The van der Waals surface area contributed by atoms with E-state index in [2.05, 4.69) is 40.0 Å². The first-order chi connectivity index (χ1) is 9.88. The van der Waals surface area contributed by atoms with Gasteiger partial charge in [0.25, 0.3) is 0 Å². The Hall–Kier alpha value is -1.72. The first-order valence-electron chi connectivity index (χ1n) is 6.91. The van der Waals surface area contributed by atoms with Crippen molar-refractivity contribution in [3.8, 4) is 0 Å². The minimum atomic E-state index is 0.772. The number of benzene rings is 1. The normalized spacial score (nSPS) is 11.2. The molecule has 0 fully saturated rings. The molecular weight excluding hydrogens is 268 g/mol. The third kappa shape index (κ3) is 2.73. The lowest BCUT2D eigenvalue weighted by Gasteiger charge is -2.08. The number of rotatable bonds is 6. The Labute approximate surface area is 122 Å². The van der Waals surface area contributed by atoms with E-state index in [4.69, 9.17) is 4.98 Å². The van der Waals surface area contributed by atoms with Crippen molar-refractivity contribution >= 4 is 22.4 Å². The lowest BCUT2D eigenvalue weighted by molar-refractivity contribution is 0.597. The number of nitrogens with zero attached hydrogens (tertiary/aromatic N) is 3. The minimum Gasteiger partial charge on any atom is -0.327 e. The molecule has 0 unspecified atom stereocenters. The maximum absolute atomic E-state index is 4.73.